The molecule has 1 fully saturated rings. The minimum absolute atomic E-state index is 0.242. The van der Waals surface area contributed by atoms with Gasteiger partial charge in [0.1, 0.15) is 5.52 Å². The highest BCUT2D eigenvalue weighted by molar-refractivity contribution is 6.28. The van der Waals surface area contributed by atoms with Gasteiger partial charge >= 0.3 is 0 Å². The number of hydrogen-bond donors (Lipinski definition) is 2. The molecule has 6 heteroatoms. The van der Waals surface area contributed by atoms with Crippen molar-refractivity contribution in [3.05, 3.63) is 11.6 Å². The maximum Gasteiger partial charge on any atom is 0.226 e. The third-order valence-corrected chi connectivity index (χ3v) is 4.18. The fourth-order valence-electron chi connectivity index (χ4n) is 2.97. The number of fused-ring (bicyclic) bond motifs is 1. The molecule has 1 aliphatic rings. The van der Waals surface area contributed by atoms with E-state index >= 15 is 0 Å². The highest BCUT2D eigenvalue weighted by Crippen LogP contribution is 2.30. The van der Waals surface area contributed by atoms with Gasteiger partial charge in [0.05, 0.1) is 6.33 Å². The Kier molecular flexibility index (Phi) is 3.55. The molecular formula is C13H18ClN5. The Morgan fingerprint density at radius 3 is 3.05 bits per heavy atom. The zero-order chi connectivity index (χ0) is 13.2. The number of halogens is 1. The standard InChI is InChI=1S/C13H18ClN5/c1-2-8-5-3-4-6-9(8)17-12-10-11(16-7-15-10)18-13(14)19-12/h7-9H,2-6H2,1H3,(H2,15,16,17,18,19). The van der Waals surface area contributed by atoms with Crippen LogP contribution < -0.4 is 5.32 Å². The number of aromatic nitrogens is 4. The summed E-state index contributed by atoms with van der Waals surface area (Å²) in [7, 11) is 0. The summed E-state index contributed by atoms with van der Waals surface area (Å²) in [6.07, 6.45) is 7.91. The molecule has 0 amide bonds. The molecule has 0 spiro atoms. The second-order valence-corrected chi connectivity index (χ2v) is 5.48. The number of H-pyrrole nitrogens is 1. The average Bonchev–Trinajstić information content (AvgIpc) is 2.87. The molecule has 19 heavy (non-hydrogen) atoms. The van der Waals surface area contributed by atoms with Gasteiger partial charge in [0.15, 0.2) is 11.5 Å². The molecule has 1 aliphatic carbocycles. The van der Waals surface area contributed by atoms with Crippen LogP contribution in [0.15, 0.2) is 6.33 Å². The van der Waals surface area contributed by atoms with Crippen LogP contribution >= 0.6 is 11.6 Å². The maximum atomic E-state index is 5.95. The molecule has 0 bridgehead atoms. The van der Waals surface area contributed by atoms with Crippen molar-refractivity contribution >= 4 is 28.6 Å². The number of nitrogens with zero attached hydrogens (tertiary/aromatic N) is 3. The molecule has 2 atom stereocenters. The summed E-state index contributed by atoms with van der Waals surface area (Å²) in [6, 6.07) is 0.469. The van der Waals surface area contributed by atoms with E-state index in [1.807, 2.05) is 0 Å². The predicted octanol–water partition coefficient (Wildman–Crippen LogP) is 3.39. The summed E-state index contributed by atoms with van der Waals surface area (Å²) in [5.74, 6) is 1.48. The van der Waals surface area contributed by atoms with Crippen LogP contribution in [0.4, 0.5) is 5.82 Å². The van der Waals surface area contributed by atoms with Gasteiger partial charge in [-0.15, -0.1) is 0 Å². The summed E-state index contributed by atoms with van der Waals surface area (Å²) >= 11 is 5.95. The lowest BCUT2D eigenvalue weighted by Gasteiger charge is -2.31. The first kappa shape index (κ1) is 12.7. The first-order valence-electron chi connectivity index (χ1n) is 6.91. The molecule has 2 N–H and O–H groups in total. The zero-order valence-corrected chi connectivity index (χ0v) is 11.7. The molecule has 102 valence electrons. The quantitative estimate of drug-likeness (QED) is 0.845. The topological polar surface area (TPSA) is 66.5 Å². The first-order valence-corrected chi connectivity index (χ1v) is 7.29. The van der Waals surface area contributed by atoms with E-state index < -0.39 is 0 Å². The summed E-state index contributed by atoms with van der Waals surface area (Å²) in [5.41, 5.74) is 1.45. The predicted molar refractivity (Wildman–Crippen MR) is 76.4 cm³/mol. The number of aromatic amines is 1. The lowest BCUT2D eigenvalue weighted by Crippen LogP contribution is -2.32. The highest BCUT2D eigenvalue weighted by atomic mass is 35.5. The van der Waals surface area contributed by atoms with Crippen LogP contribution in [-0.4, -0.2) is 26.0 Å². The van der Waals surface area contributed by atoms with Crippen molar-refractivity contribution in [3.63, 3.8) is 0 Å². The molecule has 1 saturated carbocycles. The SMILES string of the molecule is CCC1CCCCC1Nc1nc(Cl)nc2nc[nH]c12. The summed E-state index contributed by atoms with van der Waals surface area (Å²) in [4.78, 5) is 15.6. The second kappa shape index (κ2) is 5.33. The van der Waals surface area contributed by atoms with E-state index in [2.05, 4.69) is 32.2 Å². The summed E-state index contributed by atoms with van der Waals surface area (Å²) in [6.45, 7) is 2.25. The van der Waals surface area contributed by atoms with Crippen LogP contribution in [0.25, 0.3) is 11.2 Å². The van der Waals surface area contributed by atoms with Gasteiger partial charge in [-0.3, -0.25) is 0 Å². The van der Waals surface area contributed by atoms with Crippen molar-refractivity contribution in [1.29, 1.82) is 0 Å². The van der Waals surface area contributed by atoms with Gasteiger partial charge < -0.3 is 10.3 Å². The third-order valence-electron chi connectivity index (χ3n) is 4.01. The van der Waals surface area contributed by atoms with Crippen molar-refractivity contribution < 1.29 is 0 Å². The molecule has 0 aliphatic heterocycles. The van der Waals surface area contributed by atoms with E-state index in [0.717, 1.165) is 11.3 Å². The molecule has 5 nitrogen and oxygen atoms in total. The van der Waals surface area contributed by atoms with Crippen LogP contribution in [0.3, 0.4) is 0 Å². The zero-order valence-electron chi connectivity index (χ0n) is 11.0. The van der Waals surface area contributed by atoms with Gasteiger partial charge in [-0.25, -0.2) is 4.98 Å². The van der Waals surface area contributed by atoms with Crippen molar-refractivity contribution in [3.8, 4) is 0 Å². The van der Waals surface area contributed by atoms with Crippen molar-refractivity contribution in [2.45, 2.75) is 45.1 Å². The Morgan fingerprint density at radius 1 is 1.37 bits per heavy atom. The Bertz CT molecular complexity index is 567. The average molecular weight is 280 g/mol. The number of imidazole rings is 1. The van der Waals surface area contributed by atoms with E-state index in [1.165, 1.54) is 32.1 Å². The molecule has 3 rings (SSSR count). The van der Waals surface area contributed by atoms with Crippen molar-refractivity contribution in [1.82, 2.24) is 19.9 Å². The molecule has 0 saturated heterocycles. The van der Waals surface area contributed by atoms with Crippen molar-refractivity contribution in [2.75, 3.05) is 5.32 Å². The van der Waals surface area contributed by atoms with E-state index in [4.69, 9.17) is 11.6 Å². The first-order chi connectivity index (χ1) is 9.28. The fraction of sp³-hybridized carbons (Fsp3) is 0.615. The molecule has 2 aromatic rings. The summed E-state index contributed by atoms with van der Waals surface area (Å²) < 4.78 is 0. The smallest absolute Gasteiger partial charge is 0.226 e. The lowest BCUT2D eigenvalue weighted by atomic mass is 9.83. The molecule has 2 aromatic heterocycles. The van der Waals surface area contributed by atoms with E-state index in [-0.39, 0.29) is 5.28 Å². The van der Waals surface area contributed by atoms with Gasteiger partial charge in [0, 0.05) is 6.04 Å². The van der Waals surface area contributed by atoms with Gasteiger partial charge in [-0.1, -0.05) is 26.2 Å². The lowest BCUT2D eigenvalue weighted by molar-refractivity contribution is 0.317. The molecular weight excluding hydrogens is 262 g/mol. The van der Waals surface area contributed by atoms with Crippen LogP contribution in [0, 0.1) is 5.92 Å². The number of nitrogens with one attached hydrogen (secondary N) is 2. The Morgan fingerprint density at radius 2 is 2.21 bits per heavy atom. The summed E-state index contributed by atoms with van der Waals surface area (Å²) in [5, 5.41) is 3.79. The highest BCUT2D eigenvalue weighted by Gasteiger charge is 2.24. The minimum atomic E-state index is 0.242. The number of rotatable bonds is 3. The molecule has 2 unspecified atom stereocenters. The maximum absolute atomic E-state index is 5.95. The second-order valence-electron chi connectivity index (χ2n) is 5.15. The minimum Gasteiger partial charge on any atom is -0.365 e. The van der Waals surface area contributed by atoms with Gasteiger partial charge in [0.25, 0.3) is 0 Å². The van der Waals surface area contributed by atoms with Crippen LogP contribution in [-0.2, 0) is 0 Å². The van der Waals surface area contributed by atoms with E-state index in [1.54, 1.807) is 6.33 Å². The monoisotopic (exact) mass is 279 g/mol. The van der Waals surface area contributed by atoms with E-state index in [0.29, 0.717) is 17.6 Å². The van der Waals surface area contributed by atoms with E-state index in [9.17, 15) is 0 Å². The molecule has 2 heterocycles. The normalized spacial score (nSPS) is 23.7. The van der Waals surface area contributed by atoms with Crippen LogP contribution in [0.1, 0.15) is 39.0 Å². The Hall–Kier alpha value is -1.36. The van der Waals surface area contributed by atoms with Gasteiger partial charge in [-0.05, 0) is 30.4 Å². The van der Waals surface area contributed by atoms with Crippen LogP contribution in [0.2, 0.25) is 5.28 Å². The van der Waals surface area contributed by atoms with Gasteiger partial charge in [0.2, 0.25) is 5.28 Å². The largest absolute Gasteiger partial charge is 0.365 e. The third kappa shape index (κ3) is 2.52. The Balaban J connectivity index is 1.89. The number of hydrogen-bond acceptors (Lipinski definition) is 4. The molecule has 0 radical (unpaired) electrons. The van der Waals surface area contributed by atoms with Crippen LogP contribution in [0.5, 0.6) is 0 Å². The fourth-order valence-corrected chi connectivity index (χ4v) is 3.14. The Labute approximate surface area is 117 Å². The van der Waals surface area contributed by atoms with Gasteiger partial charge in [-0.2, -0.15) is 9.97 Å². The molecule has 0 aromatic carbocycles. The number of anilines is 1. The van der Waals surface area contributed by atoms with Crippen molar-refractivity contribution in [2.24, 2.45) is 5.92 Å².